The molecule has 0 aliphatic rings. The zero-order valence-electron chi connectivity index (χ0n) is 17.7. The molecule has 0 atom stereocenters. The Balaban J connectivity index is 1.92. The summed E-state index contributed by atoms with van der Waals surface area (Å²) in [6.07, 6.45) is 5.27. The number of hydrogen-bond acceptors (Lipinski definition) is 2. The second-order valence-corrected chi connectivity index (χ2v) is 7.51. The molecule has 0 spiro atoms. The zero-order chi connectivity index (χ0) is 22.5. The fourth-order valence-corrected chi connectivity index (χ4v) is 3.93. The first kappa shape index (κ1) is 21.1. The molecular weight excluding hydrogens is 398 g/mol. The van der Waals surface area contributed by atoms with Crippen molar-refractivity contribution >= 4 is 34.0 Å². The van der Waals surface area contributed by atoms with E-state index in [4.69, 9.17) is 5.11 Å². The summed E-state index contributed by atoms with van der Waals surface area (Å²) < 4.78 is 0. The summed E-state index contributed by atoms with van der Waals surface area (Å²) >= 11 is 0. The van der Waals surface area contributed by atoms with Gasteiger partial charge in [-0.2, -0.15) is 0 Å². The highest BCUT2D eigenvalue weighted by molar-refractivity contribution is 6.00. The van der Waals surface area contributed by atoms with E-state index in [0.717, 1.165) is 51.1 Å². The maximum Gasteiger partial charge on any atom is 0.328 e. The summed E-state index contributed by atoms with van der Waals surface area (Å²) in [5, 5.41) is 10.7. The van der Waals surface area contributed by atoms with E-state index in [2.05, 4.69) is 36.2 Å². The topological polar surface area (TPSA) is 70.2 Å². The summed E-state index contributed by atoms with van der Waals surface area (Å²) in [5.74, 6) is -0.974. The van der Waals surface area contributed by atoms with Crippen LogP contribution in [0, 0.1) is 0 Å². The molecule has 3 aromatic carbocycles. The Labute approximate surface area is 186 Å². The third-order valence-corrected chi connectivity index (χ3v) is 5.43. The average molecular weight is 421 g/mol. The minimum Gasteiger partial charge on any atom is -0.478 e. The number of benzene rings is 3. The maximum atomic E-state index is 11.9. The lowest BCUT2D eigenvalue weighted by molar-refractivity contribution is -0.131. The van der Waals surface area contributed by atoms with Gasteiger partial charge in [0.15, 0.2) is 0 Å². The molecule has 1 aromatic heterocycles. The molecule has 4 rings (SSSR count). The molecular formula is C28H23NO3. The van der Waals surface area contributed by atoms with E-state index >= 15 is 0 Å². The molecule has 4 nitrogen and oxygen atoms in total. The summed E-state index contributed by atoms with van der Waals surface area (Å²) in [6, 6.07) is 25.9. The van der Waals surface area contributed by atoms with Crippen LogP contribution in [-0.2, 0) is 4.79 Å². The second kappa shape index (κ2) is 9.31. The van der Waals surface area contributed by atoms with Gasteiger partial charge in [-0.3, -0.25) is 4.79 Å². The Morgan fingerprint density at radius 3 is 2.28 bits per heavy atom. The molecule has 0 saturated carbocycles. The number of nitrogens with one attached hydrogen (secondary N) is 1. The van der Waals surface area contributed by atoms with E-state index in [1.54, 1.807) is 18.3 Å². The molecule has 32 heavy (non-hydrogen) atoms. The lowest BCUT2D eigenvalue weighted by atomic mass is 9.87. The molecule has 0 amide bonds. The number of aromatic nitrogens is 1. The Morgan fingerprint density at radius 1 is 0.875 bits per heavy atom. The van der Waals surface area contributed by atoms with Crippen LogP contribution in [0.2, 0.25) is 0 Å². The zero-order valence-corrected chi connectivity index (χ0v) is 17.7. The smallest absolute Gasteiger partial charge is 0.328 e. The molecule has 0 fully saturated rings. The highest BCUT2D eigenvalue weighted by atomic mass is 16.4. The molecule has 0 bridgehead atoms. The Bertz CT molecular complexity index is 1380. The molecule has 0 saturated heterocycles. The minimum atomic E-state index is -0.974. The number of allylic oxidation sites excluding steroid dienone is 1. The van der Waals surface area contributed by atoms with Crippen molar-refractivity contribution in [3.8, 4) is 0 Å². The second-order valence-electron chi connectivity index (χ2n) is 7.51. The number of rotatable bonds is 6. The Hall–Kier alpha value is -4.18. The molecule has 158 valence electrons. The predicted octanol–water partition coefficient (Wildman–Crippen LogP) is 6.00. The van der Waals surface area contributed by atoms with Gasteiger partial charge in [0.05, 0.1) is 0 Å². The first-order valence-electron chi connectivity index (χ1n) is 10.5. The highest BCUT2D eigenvalue weighted by Gasteiger charge is 2.14. The van der Waals surface area contributed by atoms with Gasteiger partial charge in [0.25, 0.3) is 0 Å². The number of hydrogen-bond donors (Lipinski definition) is 2. The van der Waals surface area contributed by atoms with E-state index in [9.17, 15) is 9.59 Å². The van der Waals surface area contributed by atoms with E-state index in [-0.39, 0.29) is 5.56 Å². The molecule has 0 unspecified atom stereocenters. The first-order chi connectivity index (χ1) is 15.5. The highest BCUT2D eigenvalue weighted by Crippen LogP contribution is 2.35. The summed E-state index contributed by atoms with van der Waals surface area (Å²) in [4.78, 5) is 25.4. The average Bonchev–Trinajstić information content (AvgIpc) is 2.81. The molecule has 0 aliphatic carbocycles. The van der Waals surface area contributed by atoms with Gasteiger partial charge in [0.2, 0.25) is 5.56 Å². The molecule has 1 heterocycles. The van der Waals surface area contributed by atoms with Gasteiger partial charge in [-0.05, 0) is 62.7 Å². The van der Waals surface area contributed by atoms with Gasteiger partial charge in [-0.25, -0.2) is 4.79 Å². The summed E-state index contributed by atoms with van der Waals surface area (Å²) in [7, 11) is 0. The van der Waals surface area contributed by atoms with Crippen LogP contribution < -0.4 is 5.56 Å². The lowest BCUT2D eigenvalue weighted by Crippen LogP contribution is -2.02. The standard InChI is InChI=1S/C28H23NO3/c1-2-25(20-6-4-3-5-7-20)28(21-11-8-19(9-12-21)10-15-27(31)32)22-13-14-23-18-29-26(30)17-24(23)16-22/h3-18H,2H2,1H3,(H,29,30)(H,31,32)/b15-10+,28-25+. The Kier molecular flexibility index (Phi) is 6.13. The summed E-state index contributed by atoms with van der Waals surface area (Å²) in [6.45, 7) is 2.14. The van der Waals surface area contributed by atoms with Gasteiger partial charge >= 0.3 is 5.97 Å². The fraction of sp³-hybridized carbons (Fsp3) is 0.0714. The van der Waals surface area contributed by atoms with Crippen molar-refractivity contribution in [2.45, 2.75) is 13.3 Å². The quantitative estimate of drug-likeness (QED) is 0.296. The molecule has 2 N–H and O–H groups in total. The van der Waals surface area contributed by atoms with Crippen LogP contribution in [-0.4, -0.2) is 16.1 Å². The van der Waals surface area contributed by atoms with E-state index in [1.807, 2.05) is 48.5 Å². The summed E-state index contributed by atoms with van der Waals surface area (Å²) in [5.41, 5.74) is 6.18. The number of fused-ring (bicyclic) bond motifs is 1. The molecule has 4 heteroatoms. The van der Waals surface area contributed by atoms with Crippen molar-refractivity contribution in [3.63, 3.8) is 0 Å². The molecule has 0 radical (unpaired) electrons. The SMILES string of the molecule is CC/C(=C(/c1ccc(/C=C/C(=O)O)cc1)c1ccc2c[nH]c(=O)cc2c1)c1ccccc1. The number of carboxylic acids is 1. The maximum absolute atomic E-state index is 11.9. The largest absolute Gasteiger partial charge is 0.478 e. The molecule has 4 aromatic rings. The third-order valence-electron chi connectivity index (χ3n) is 5.43. The normalized spacial score (nSPS) is 12.2. The number of aromatic amines is 1. The predicted molar refractivity (Wildman–Crippen MR) is 130 cm³/mol. The number of pyridine rings is 1. The van der Waals surface area contributed by atoms with E-state index < -0.39 is 5.97 Å². The number of carboxylic acid groups (broad SMARTS) is 1. The van der Waals surface area contributed by atoms with Crippen molar-refractivity contribution in [1.29, 1.82) is 0 Å². The van der Waals surface area contributed by atoms with Crippen LogP contribution >= 0.6 is 0 Å². The fourth-order valence-electron chi connectivity index (χ4n) is 3.93. The van der Waals surface area contributed by atoms with Crippen molar-refractivity contribution in [2.75, 3.05) is 0 Å². The van der Waals surface area contributed by atoms with Gasteiger partial charge in [-0.15, -0.1) is 0 Å². The van der Waals surface area contributed by atoms with Crippen molar-refractivity contribution < 1.29 is 9.90 Å². The van der Waals surface area contributed by atoms with Crippen LogP contribution in [0.1, 0.15) is 35.6 Å². The lowest BCUT2D eigenvalue weighted by Gasteiger charge is -2.17. The number of carbonyl (C=O) groups is 1. The van der Waals surface area contributed by atoms with Gasteiger partial charge in [-0.1, -0.05) is 73.7 Å². The van der Waals surface area contributed by atoms with Crippen LogP contribution in [0.3, 0.4) is 0 Å². The minimum absolute atomic E-state index is 0.131. The number of H-pyrrole nitrogens is 1. The van der Waals surface area contributed by atoms with Crippen molar-refractivity contribution in [3.05, 3.63) is 124 Å². The van der Waals surface area contributed by atoms with Crippen LogP contribution in [0.5, 0.6) is 0 Å². The van der Waals surface area contributed by atoms with Gasteiger partial charge < -0.3 is 10.1 Å². The van der Waals surface area contributed by atoms with Crippen LogP contribution in [0.4, 0.5) is 0 Å². The van der Waals surface area contributed by atoms with Crippen LogP contribution in [0.25, 0.3) is 28.0 Å². The Morgan fingerprint density at radius 2 is 1.59 bits per heavy atom. The number of aliphatic carboxylic acids is 1. The van der Waals surface area contributed by atoms with Gasteiger partial charge in [0.1, 0.15) is 0 Å². The first-order valence-corrected chi connectivity index (χ1v) is 10.5. The van der Waals surface area contributed by atoms with Crippen molar-refractivity contribution in [2.24, 2.45) is 0 Å². The van der Waals surface area contributed by atoms with Crippen LogP contribution in [0.15, 0.2) is 95.9 Å². The van der Waals surface area contributed by atoms with Gasteiger partial charge in [0, 0.05) is 18.3 Å². The van der Waals surface area contributed by atoms with E-state index in [1.165, 1.54) is 5.57 Å². The van der Waals surface area contributed by atoms with E-state index in [0.29, 0.717) is 0 Å². The molecule has 0 aliphatic heterocycles. The third kappa shape index (κ3) is 4.60. The van der Waals surface area contributed by atoms with Crippen molar-refractivity contribution in [1.82, 2.24) is 4.98 Å². The monoisotopic (exact) mass is 421 g/mol.